The average molecular weight is 400 g/mol. The van der Waals surface area contributed by atoms with Crippen LogP contribution in [0.25, 0.3) is 0 Å². The molecule has 0 spiro atoms. The van der Waals surface area contributed by atoms with Gasteiger partial charge in [0.25, 0.3) is 0 Å². The van der Waals surface area contributed by atoms with E-state index >= 15 is 0 Å². The Morgan fingerprint density at radius 1 is 0.714 bits per heavy atom. The van der Waals surface area contributed by atoms with Crippen LogP contribution in [0.15, 0.2) is 12.2 Å². The fourth-order valence-corrected chi connectivity index (χ4v) is 3.11. The summed E-state index contributed by atoms with van der Waals surface area (Å²) in [7, 11) is 0. The van der Waals surface area contributed by atoms with Gasteiger partial charge in [-0.25, -0.2) is 0 Å². The Balaban J connectivity index is 0. The number of allylic oxidation sites excluding steroid dienone is 2. The van der Waals surface area contributed by atoms with Gasteiger partial charge in [0, 0.05) is 19.5 Å². The Hall–Kier alpha value is -0.870. The van der Waals surface area contributed by atoms with E-state index in [2.05, 4.69) is 19.1 Å². The fourth-order valence-electron chi connectivity index (χ4n) is 3.11. The van der Waals surface area contributed by atoms with Gasteiger partial charge in [-0.2, -0.15) is 0 Å². The number of carbonyl (C=O) groups is 1. The zero-order valence-electron chi connectivity index (χ0n) is 19.1. The summed E-state index contributed by atoms with van der Waals surface area (Å²) in [6.07, 6.45) is 21.4. The highest BCUT2D eigenvalue weighted by atomic mass is 16.3. The number of aliphatic hydroxyl groups is 2. The summed E-state index contributed by atoms with van der Waals surface area (Å²) >= 11 is 0. The largest absolute Gasteiger partial charge is 0.395 e. The molecule has 168 valence electrons. The molecule has 0 rings (SSSR count). The molecule has 0 aliphatic rings. The van der Waals surface area contributed by atoms with Crippen molar-refractivity contribution in [1.82, 2.24) is 4.90 Å². The number of hydrogen-bond acceptors (Lipinski definition) is 3. The first-order valence-corrected chi connectivity index (χ1v) is 11.9. The minimum atomic E-state index is -0.0435. The Kier molecular flexibility index (Phi) is 27.4. The van der Waals surface area contributed by atoms with E-state index in [1.54, 1.807) is 4.90 Å². The fraction of sp³-hybridized carbons (Fsp3) is 0.875. The van der Waals surface area contributed by atoms with E-state index in [4.69, 9.17) is 10.2 Å². The molecule has 0 aromatic heterocycles. The predicted octanol–water partition coefficient (Wildman–Crippen LogP) is 5.86. The molecule has 0 radical (unpaired) electrons. The third-order valence-electron chi connectivity index (χ3n) is 4.74. The summed E-state index contributed by atoms with van der Waals surface area (Å²) < 4.78 is 0. The molecule has 0 bridgehead atoms. The Bertz CT molecular complexity index is 326. The lowest BCUT2D eigenvalue weighted by Gasteiger charge is -2.20. The maximum Gasteiger partial charge on any atom is 0.222 e. The van der Waals surface area contributed by atoms with E-state index < -0.39 is 0 Å². The number of rotatable bonds is 19. The Morgan fingerprint density at radius 2 is 1.14 bits per heavy atom. The molecule has 0 heterocycles. The molecular weight excluding hydrogens is 350 g/mol. The SMILES string of the molecule is CC.CCCCCCCC/C=C\CCCCCCCC(=O)N(CCO)CCO. The monoisotopic (exact) mass is 399 g/mol. The third-order valence-corrected chi connectivity index (χ3v) is 4.74. The van der Waals surface area contributed by atoms with Crippen molar-refractivity contribution >= 4 is 5.91 Å². The van der Waals surface area contributed by atoms with Crippen LogP contribution in [0.4, 0.5) is 0 Å². The van der Waals surface area contributed by atoms with Crippen LogP contribution in [0.5, 0.6) is 0 Å². The van der Waals surface area contributed by atoms with Crippen molar-refractivity contribution < 1.29 is 15.0 Å². The van der Waals surface area contributed by atoms with Gasteiger partial charge in [0.15, 0.2) is 0 Å². The molecule has 0 atom stereocenters. The van der Waals surface area contributed by atoms with Crippen LogP contribution < -0.4 is 0 Å². The van der Waals surface area contributed by atoms with Gasteiger partial charge >= 0.3 is 0 Å². The molecule has 4 nitrogen and oxygen atoms in total. The molecule has 0 aromatic rings. The maximum atomic E-state index is 12.0. The van der Waals surface area contributed by atoms with Crippen molar-refractivity contribution in [3.05, 3.63) is 12.2 Å². The van der Waals surface area contributed by atoms with E-state index in [1.165, 1.54) is 70.6 Å². The molecule has 28 heavy (non-hydrogen) atoms. The minimum Gasteiger partial charge on any atom is -0.395 e. The summed E-state index contributed by atoms with van der Waals surface area (Å²) in [5, 5.41) is 17.9. The van der Waals surface area contributed by atoms with Crippen LogP contribution in [0, 0.1) is 0 Å². The number of carbonyl (C=O) groups excluding carboxylic acids is 1. The average Bonchev–Trinajstić information content (AvgIpc) is 2.72. The summed E-state index contributed by atoms with van der Waals surface area (Å²) in [4.78, 5) is 13.5. The second kappa shape index (κ2) is 26.1. The Labute approximate surface area is 175 Å². The second-order valence-corrected chi connectivity index (χ2v) is 7.16. The quantitative estimate of drug-likeness (QED) is 0.211. The first kappa shape index (κ1) is 29.3. The van der Waals surface area contributed by atoms with Crippen molar-refractivity contribution in [2.45, 2.75) is 111 Å². The van der Waals surface area contributed by atoms with Crippen LogP contribution in [0.3, 0.4) is 0 Å². The zero-order chi connectivity index (χ0) is 21.3. The summed E-state index contributed by atoms with van der Waals surface area (Å²) in [5.41, 5.74) is 0. The van der Waals surface area contributed by atoms with Gasteiger partial charge < -0.3 is 15.1 Å². The molecule has 1 amide bonds. The smallest absolute Gasteiger partial charge is 0.222 e. The van der Waals surface area contributed by atoms with Crippen molar-refractivity contribution in [2.24, 2.45) is 0 Å². The number of nitrogens with zero attached hydrogens (tertiary/aromatic N) is 1. The molecule has 0 saturated heterocycles. The molecule has 4 heteroatoms. The standard InChI is InChI=1S/C22H43NO3.C2H6/c1-2-3-4-5-6-7-8-9-10-11-12-13-14-15-16-17-22(26)23(18-20-24)19-21-25;1-2/h9-10,24-25H,2-8,11-21H2,1H3;1-2H3/b10-9-;. The number of unbranched alkanes of at least 4 members (excludes halogenated alkanes) is 11. The number of amides is 1. The highest BCUT2D eigenvalue weighted by Gasteiger charge is 2.11. The molecule has 2 N–H and O–H groups in total. The molecule has 0 aliphatic carbocycles. The summed E-state index contributed by atoms with van der Waals surface area (Å²) in [6.45, 7) is 6.82. The highest BCUT2D eigenvalue weighted by Crippen LogP contribution is 2.10. The van der Waals surface area contributed by atoms with Crippen LogP contribution in [0.2, 0.25) is 0 Å². The lowest BCUT2D eigenvalue weighted by atomic mass is 10.1. The van der Waals surface area contributed by atoms with Gasteiger partial charge in [-0.15, -0.1) is 0 Å². The van der Waals surface area contributed by atoms with Crippen molar-refractivity contribution in [2.75, 3.05) is 26.3 Å². The van der Waals surface area contributed by atoms with E-state index in [9.17, 15) is 4.79 Å². The van der Waals surface area contributed by atoms with Crippen LogP contribution in [-0.4, -0.2) is 47.3 Å². The predicted molar refractivity (Wildman–Crippen MR) is 122 cm³/mol. The summed E-state index contributed by atoms with van der Waals surface area (Å²) in [6, 6.07) is 0. The molecule has 0 aliphatic heterocycles. The van der Waals surface area contributed by atoms with Crippen LogP contribution in [0.1, 0.15) is 111 Å². The maximum absolute atomic E-state index is 12.0. The van der Waals surface area contributed by atoms with Crippen molar-refractivity contribution in [3.63, 3.8) is 0 Å². The van der Waals surface area contributed by atoms with Gasteiger partial charge in [-0.3, -0.25) is 4.79 Å². The van der Waals surface area contributed by atoms with Gasteiger partial charge in [-0.05, 0) is 32.1 Å². The van der Waals surface area contributed by atoms with E-state index in [0.717, 1.165) is 12.8 Å². The molecule has 0 aromatic carbocycles. The summed E-state index contributed by atoms with van der Waals surface area (Å²) in [5.74, 6) is 0.0470. The first-order valence-electron chi connectivity index (χ1n) is 11.9. The molecule has 0 fully saturated rings. The number of hydrogen-bond donors (Lipinski definition) is 2. The van der Waals surface area contributed by atoms with E-state index in [0.29, 0.717) is 19.5 Å². The second-order valence-electron chi connectivity index (χ2n) is 7.16. The number of aliphatic hydroxyl groups excluding tert-OH is 2. The topological polar surface area (TPSA) is 60.8 Å². The first-order chi connectivity index (χ1) is 13.8. The lowest BCUT2D eigenvalue weighted by Crippen LogP contribution is -2.35. The van der Waals surface area contributed by atoms with Gasteiger partial charge in [0.05, 0.1) is 13.2 Å². The highest BCUT2D eigenvalue weighted by molar-refractivity contribution is 5.76. The van der Waals surface area contributed by atoms with Crippen LogP contribution in [-0.2, 0) is 4.79 Å². The molecular formula is C24H49NO3. The Morgan fingerprint density at radius 3 is 1.61 bits per heavy atom. The van der Waals surface area contributed by atoms with Gasteiger partial charge in [0.1, 0.15) is 0 Å². The van der Waals surface area contributed by atoms with Crippen molar-refractivity contribution in [3.8, 4) is 0 Å². The third kappa shape index (κ3) is 21.4. The van der Waals surface area contributed by atoms with E-state index in [-0.39, 0.29) is 19.1 Å². The van der Waals surface area contributed by atoms with Gasteiger partial charge in [-0.1, -0.05) is 84.3 Å². The minimum absolute atomic E-state index is 0.0435. The lowest BCUT2D eigenvalue weighted by molar-refractivity contribution is -0.132. The molecule has 0 unspecified atom stereocenters. The zero-order valence-corrected chi connectivity index (χ0v) is 19.1. The van der Waals surface area contributed by atoms with Crippen molar-refractivity contribution in [1.29, 1.82) is 0 Å². The van der Waals surface area contributed by atoms with E-state index in [1.807, 2.05) is 13.8 Å². The van der Waals surface area contributed by atoms with Gasteiger partial charge in [0.2, 0.25) is 5.91 Å². The molecule has 0 saturated carbocycles. The van der Waals surface area contributed by atoms with Crippen LogP contribution >= 0.6 is 0 Å². The normalized spacial score (nSPS) is 10.8.